The number of nitrogens with zero attached hydrogens (tertiary/aromatic N) is 3. The molecule has 5 nitrogen and oxygen atoms in total. The molecule has 1 N–H and O–H groups in total. The van der Waals surface area contributed by atoms with Crippen molar-refractivity contribution in [3.63, 3.8) is 0 Å². The van der Waals surface area contributed by atoms with Crippen LogP contribution >= 0.6 is 11.8 Å². The summed E-state index contributed by atoms with van der Waals surface area (Å²) in [7, 11) is 0. The topological polar surface area (TPSA) is 59.8 Å². The van der Waals surface area contributed by atoms with Crippen molar-refractivity contribution in [3.05, 3.63) is 71.0 Å². The largest absolute Gasteiger partial charge is 0.352 e. The highest BCUT2D eigenvalue weighted by Crippen LogP contribution is 2.29. The molecular weight excluding hydrogens is 380 g/mol. The van der Waals surface area contributed by atoms with Crippen molar-refractivity contribution in [1.29, 1.82) is 0 Å². The Labute approximate surface area is 175 Å². The van der Waals surface area contributed by atoms with E-state index in [1.54, 1.807) is 0 Å². The first-order chi connectivity index (χ1) is 14.0. The average molecular weight is 407 g/mol. The highest BCUT2D eigenvalue weighted by molar-refractivity contribution is 8.00. The van der Waals surface area contributed by atoms with Crippen LogP contribution in [0.4, 0.5) is 0 Å². The van der Waals surface area contributed by atoms with E-state index in [4.69, 9.17) is 0 Å². The number of rotatable bonds is 7. The maximum Gasteiger partial charge on any atom is 0.233 e. The molecule has 1 aliphatic carbocycles. The van der Waals surface area contributed by atoms with E-state index in [0.29, 0.717) is 12.5 Å². The van der Waals surface area contributed by atoms with E-state index in [-0.39, 0.29) is 11.2 Å². The van der Waals surface area contributed by atoms with E-state index in [2.05, 4.69) is 64.3 Å². The van der Waals surface area contributed by atoms with Gasteiger partial charge in [-0.1, -0.05) is 59.8 Å². The third-order valence-corrected chi connectivity index (χ3v) is 6.12. The Hall–Kier alpha value is -2.60. The summed E-state index contributed by atoms with van der Waals surface area (Å²) in [6.45, 7) is 6.13. The molecule has 0 aliphatic heterocycles. The minimum Gasteiger partial charge on any atom is -0.352 e. The number of nitrogens with one attached hydrogen (secondary N) is 1. The first-order valence-corrected chi connectivity index (χ1v) is 10.9. The summed E-state index contributed by atoms with van der Waals surface area (Å²) in [4.78, 5) is 12.5. The molecule has 1 saturated carbocycles. The van der Waals surface area contributed by atoms with E-state index < -0.39 is 0 Å². The summed E-state index contributed by atoms with van der Waals surface area (Å²) in [5.41, 5.74) is 4.62. The van der Waals surface area contributed by atoms with Crippen molar-refractivity contribution >= 4 is 17.7 Å². The summed E-state index contributed by atoms with van der Waals surface area (Å²) in [5, 5.41) is 12.6. The van der Waals surface area contributed by atoms with Crippen LogP contribution in [0.3, 0.4) is 0 Å². The zero-order valence-corrected chi connectivity index (χ0v) is 17.9. The third kappa shape index (κ3) is 4.70. The minimum absolute atomic E-state index is 0.0669. The number of thioether (sulfide) groups is 1. The maximum atomic E-state index is 12.5. The van der Waals surface area contributed by atoms with Crippen LogP contribution < -0.4 is 5.32 Å². The number of carbonyl (C=O) groups is 1. The Morgan fingerprint density at radius 1 is 1.17 bits per heavy atom. The molecular formula is C23H26N4OS. The van der Waals surface area contributed by atoms with Gasteiger partial charge in [-0.05, 0) is 50.8 Å². The second-order valence-corrected chi connectivity index (χ2v) is 9.04. The SMILES string of the molecule is Cc1ccc(-n2c(Cc3ccccc3)nnc2SC(C)C(=O)NC2CC2)c(C)c1. The summed E-state index contributed by atoms with van der Waals surface area (Å²) in [6, 6.07) is 17.0. The van der Waals surface area contributed by atoms with Crippen molar-refractivity contribution < 1.29 is 4.79 Å². The highest BCUT2D eigenvalue weighted by Gasteiger charge is 2.27. The number of aromatic nitrogens is 3. The van der Waals surface area contributed by atoms with Gasteiger partial charge in [-0.15, -0.1) is 10.2 Å². The summed E-state index contributed by atoms with van der Waals surface area (Å²) in [5.74, 6) is 0.942. The van der Waals surface area contributed by atoms with Crippen LogP contribution in [0.5, 0.6) is 0 Å². The predicted molar refractivity (Wildman–Crippen MR) is 117 cm³/mol. The Kier molecular flexibility index (Phi) is 5.72. The molecule has 3 aromatic rings. The molecule has 0 saturated heterocycles. The zero-order valence-electron chi connectivity index (χ0n) is 17.1. The van der Waals surface area contributed by atoms with Crippen LogP contribution in [0.2, 0.25) is 0 Å². The van der Waals surface area contributed by atoms with Gasteiger partial charge in [0.15, 0.2) is 5.16 Å². The fourth-order valence-corrected chi connectivity index (χ4v) is 4.21. The Morgan fingerprint density at radius 2 is 1.93 bits per heavy atom. The second kappa shape index (κ2) is 8.41. The van der Waals surface area contributed by atoms with Gasteiger partial charge in [0.05, 0.1) is 10.9 Å². The number of hydrogen-bond donors (Lipinski definition) is 1. The van der Waals surface area contributed by atoms with Gasteiger partial charge in [0.2, 0.25) is 5.91 Å². The van der Waals surface area contributed by atoms with E-state index in [0.717, 1.165) is 35.1 Å². The van der Waals surface area contributed by atoms with Crippen LogP contribution in [0, 0.1) is 13.8 Å². The number of aryl methyl sites for hydroxylation is 2. The van der Waals surface area contributed by atoms with Crippen molar-refractivity contribution in [2.24, 2.45) is 0 Å². The van der Waals surface area contributed by atoms with Crippen LogP contribution in [0.15, 0.2) is 53.7 Å². The maximum absolute atomic E-state index is 12.5. The van der Waals surface area contributed by atoms with Crippen molar-refractivity contribution in [1.82, 2.24) is 20.1 Å². The minimum atomic E-state index is -0.228. The van der Waals surface area contributed by atoms with E-state index in [1.807, 2.05) is 25.1 Å². The van der Waals surface area contributed by atoms with Gasteiger partial charge in [-0.2, -0.15) is 0 Å². The predicted octanol–water partition coefficient (Wildman–Crippen LogP) is 4.23. The Morgan fingerprint density at radius 3 is 2.62 bits per heavy atom. The lowest BCUT2D eigenvalue weighted by molar-refractivity contribution is -0.120. The lowest BCUT2D eigenvalue weighted by atomic mass is 10.1. The molecule has 0 bridgehead atoms. The fourth-order valence-electron chi connectivity index (χ4n) is 3.33. The summed E-state index contributed by atoms with van der Waals surface area (Å²) < 4.78 is 2.10. The molecule has 1 heterocycles. The van der Waals surface area contributed by atoms with Gasteiger partial charge >= 0.3 is 0 Å². The highest BCUT2D eigenvalue weighted by atomic mass is 32.2. The van der Waals surface area contributed by atoms with Crippen molar-refractivity contribution in [3.8, 4) is 5.69 Å². The normalized spacial score (nSPS) is 14.6. The second-order valence-electron chi connectivity index (χ2n) is 7.73. The molecule has 6 heteroatoms. The molecule has 150 valence electrons. The number of hydrogen-bond acceptors (Lipinski definition) is 4. The summed E-state index contributed by atoms with van der Waals surface area (Å²) >= 11 is 1.46. The van der Waals surface area contributed by atoms with E-state index in [1.165, 1.54) is 22.9 Å². The zero-order chi connectivity index (χ0) is 20.4. The van der Waals surface area contributed by atoms with Crippen LogP contribution in [-0.4, -0.2) is 32.0 Å². The van der Waals surface area contributed by atoms with Gasteiger partial charge in [-0.3, -0.25) is 9.36 Å². The molecule has 2 aromatic carbocycles. The van der Waals surface area contributed by atoms with Crippen molar-refractivity contribution in [2.45, 2.75) is 56.5 Å². The lowest BCUT2D eigenvalue weighted by Crippen LogP contribution is -2.32. The van der Waals surface area contributed by atoms with Crippen LogP contribution in [0.1, 0.15) is 42.3 Å². The molecule has 0 radical (unpaired) electrons. The van der Waals surface area contributed by atoms with Crippen LogP contribution in [-0.2, 0) is 11.2 Å². The monoisotopic (exact) mass is 406 g/mol. The molecule has 1 atom stereocenters. The number of carbonyl (C=O) groups excluding carboxylic acids is 1. The van der Waals surface area contributed by atoms with Gasteiger partial charge in [0, 0.05) is 12.5 Å². The lowest BCUT2D eigenvalue weighted by Gasteiger charge is -2.16. The molecule has 1 unspecified atom stereocenters. The quantitative estimate of drug-likeness (QED) is 0.597. The molecule has 1 fully saturated rings. The van der Waals surface area contributed by atoms with Gasteiger partial charge in [0.1, 0.15) is 5.82 Å². The molecule has 1 amide bonds. The molecule has 0 spiro atoms. The number of amides is 1. The summed E-state index contributed by atoms with van der Waals surface area (Å²) in [6.07, 6.45) is 2.86. The van der Waals surface area contributed by atoms with Gasteiger partial charge in [0.25, 0.3) is 0 Å². The Balaban J connectivity index is 1.67. The average Bonchev–Trinajstić information content (AvgIpc) is 3.44. The van der Waals surface area contributed by atoms with Gasteiger partial charge < -0.3 is 5.32 Å². The standard InChI is InChI=1S/C23H26N4OS/c1-15-9-12-20(16(2)13-15)27-21(14-18-7-5-4-6-8-18)25-26-23(27)29-17(3)22(28)24-19-10-11-19/h4-9,12-13,17,19H,10-11,14H2,1-3H3,(H,24,28). The molecule has 4 rings (SSSR count). The molecule has 29 heavy (non-hydrogen) atoms. The first kappa shape index (κ1) is 19.7. The third-order valence-electron chi connectivity index (χ3n) is 5.07. The molecule has 1 aromatic heterocycles. The van der Waals surface area contributed by atoms with Crippen molar-refractivity contribution in [2.75, 3.05) is 0 Å². The van der Waals surface area contributed by atoms with E-state index >= 15 is 0 Å². The number of benzene rings is 2. The fraction of sp³-hybridized carbons (Fsp3) is 0.348. The van der Waals surface area contributed by atoms with E-state index in [9.17, 15) is 4.79 Å². The van der Waals surface area contributed by atoms with Crippen LogP contribution in [0.25, 0.3) is 5.69 Å². The molecule has 1 aliphatic rings. The van der Waals surface area contributed by atoms with Gasteiger partial charge in [-0.25, -0.2) is 0 Å². The smallest absolute Gasteiger partial charge is 0.233 e. The first-order valence-electron chi connectivity index (χ1n) is 10.0. The Bertz CT molecular complexity index is 1010.